The minimum absolute atomic E-state index is 0.145. The van der Waals surface area contributed by atoms with E-state index in [-0.39, 0.29) is 11.4 Å². The van der Waals surface area contributed by atoms with Crippen LogP contribution in [0.4, 0.5) is 4.39 Å². The molecule has 1 aromatic heterocycles. The Labute approximate surface area is 176 Å². The zero-order valence-corrected chi connectivity index (χ0v) is 17.4. The van der Waals surface area contributed by atoms with Crippen LogP contribution in [0.15, 0.2) is 82.1 Å². The molecule has 0 spiro atoms. The van der Waals surface area contributed by atoms with E-state index >= 15 is 0 Å². The molecule has 4 rings (SSSR count). The summed E-state index contributed by atoms with van der Waals surface area (Å²) in [6.45, 7) is 3.14. The highest BCUT2D eigenvalue weighted by Crippen LogP contribution is 2.21. The van der Waals surface area contributed by atoms with Gasteiger partial charge in [0.15, 0.2) is 5.82 Å². The Morgan fingerprint density at radius 1 is 1.00 bits per heavy atom. The SMILES string of the molecule is CCN(Cc1ccc(Br)cc1)n1c(-c2ccc(F)cc2)nc2ccccc2c1=O. The van der Waals surface area contributed by atoms with Gasteiger partial charge >= 0.3 is 0 Å². The van der Waals surface area contributed by atoms with E-state index < -0.39 is 0 Å². The third-order valence-electron chi connectivity index (χ3n) is 4.78. The van der Waals surface area contributed by atoms with Crippen molar-refractivity contribution in [2.75, 3.05) is 11.6 Å². The number of rotatable bonds is 5. The summed E-state index contributed by atoms with van der Waals surface area (Å²) in [5.41, 5.74) is 2.23. The van der Waals surface area contributed by atoms with E-state index in [2.05, 4.69) is 15.9 Å². The molecular formula is C23H19BrFN3O. The molecule has 6 heteroatoms. The van der Waals surface area contributed by atoms with Crippen molar-refractivity contribution in [3.05, 3.63) is 99.0 Å². The fourth-order valence-corrected chi connectivity index (χ4v) is 3.56. The van der Waals surface area contributed by atoms with Gasteiger partial charge in [0.25, 0.3) is 5.56 Å². The summed E-state index contributed by atoms with van der Waals surface area (Å²) in [6, 6.07) is 21.3. The molecule has 0 N–H and O–H groups in total. The molecule has 0 aliphatic heterocycles. The first-order valence-corrected chi connectivity index (χ1v) is 10.1. The topological polar surface area (TPSA) is 38.1 Å². The monoisotopic (exact) mass is 451 g/mol. The molecule has 0 bridgehead atoms. The Morgan fingerprint density at radius 3 is 2.38 bits per heavy atom. The third-order valence-corrected chi connectivity index (χ3v) is 5.31. The lowest BCUT2D eigenvalue weighted by molar-refractivity contribution is 0.581. The first kappa shape index (κ1) is 19.3. The van der Waals surface area contributed by atoms with Gasteiger partial charge in [0.05, 0.1) is 17.4 Å². The summed E-state index contributed by atoms with van der Waals surface area (Å²) in [4.78, 5) is 18.2. The van der Waals surface area contributed by atoms with Crippen molar-refractivity contribution < 1.29 is 4.39 Å². The lowest BCUT2D eigenvalue weighted by atomic mass is 10.2. The second-order valence-electron chi connectivity index (χ2n) is 6.68. The van der Waals surface area contributed by atoms with Crippen molar-refractivity contribution in [2.45, 2.75) is 13.5 Å². The van der Waals surface area contributed by atoms with Gasteiger partial charge in [0.1, 0.15) is 5.82 Å². The fraction of sp³-hybridized carbons (Fsp3) is 0.130. The van der Waals surface area contributed by atoms with Crippen LogP contribution in [-0.4, -0.2) is 16.2 Å². The number of aromatic nitrogens is 2. The highest BCUT2D eigenvalue weighted by molar-refractivity contribution is 9.10. The van der Waals surface area contributed by atoms with Crippen molar-refractivity contribution in [3.8, 4) is 11.4 Å². The van der Waals surface area contributed by atoms with Gasteiger partial charge in [0, 0.05) is 16.6 Å². The van der Waals surface area contributed by atoms with Crippen molar-refractivity contribution in [3.63, 3.8) is 0 Å². The summed E-state index contributed by atoms with van der Waals surface area (Å²) in [7, 11) is 0. The predicted molar refractivity (Wildman–Crippen MR) is 118 cm³/mol. The Hall–Kier alpha value is -2.99. The van der Waals surface area contributed by atoms with Crippen LogP contribution < -0.4 is 10.6 Å². The molecule has 29 heavy (non-hydrogen) atoms. The van der Waals surface area contributed by atoms with Gasteiger partial charge in [0.2, 0.25) is 0 Å². The smallest absolute Gasteiger partial charge is 0.280 e. The van der Waals surface area contributed by atoms with Crippen LogP contribution in [0.2, 0.25) is 0 Å². The highest BCUT2D eigenvalue weighted by Gasteiger charge is 2.17. The molecule has 0 atom stereocenters. The van der Waals surface area contributed by atoms with Crippen LogP contribution in [0.1, 0.15) is 12.5 Å². The quantitative estimate of drug-likeness (QED) is 0.422. The number of hydrogen-bond donors (Lipinski definition) is 0. The van der Waals surface area contributed by atoms with Gasteiger partial charge in [-0.1, -0.05) is 40.2 Å². The maximum Gasteiger partial charge on any atom is 0.280 e. The van der Waals surface area contributed by atoms with E-state index in [9.17, 15) is 9.18 Å². The summed E-state index contributed by atoms with van der Waals surface area (Å²) >= 11 is 3.45. The zero-order chi connectivity index (χ0) is 20.4. The van der Waals surface area contributed by atoms with Crippen LogP contribution in [0.3, 0.4) is 0 Å². The Bertz CT molecular complexity index is 1200. The molecule has 146 valence electrons. The fourth-order valence-electron chi connectivity index (χ4n) is 3.30. The molecular weight excluding hydrogens is 433 g/mol. The second kappa shape index (κ2) is 8.17. The van der Waals surface area contributed by atoms with Crippen LogP contribution in [0.5, 0.6) is 0 Å². The largest absolute Gasteiger partial charge is 0.304 e. The zero-order valence-electron chi connectivity index (χ0n) is 15.8. The molecule has 0 aliphatic carbocycles. The highest BCUT2D eigenvalue weighted by atomic mass is 79.9. The van der Waals surface area contributed by atoms with Gasteiger partial charge in [-0.25, -0.2) is 14.1 Å². The van der Waals surface area contributed by atoms with Gasteiger partial charge in [-0.05, 0) is 61.0 Å². The Kier molecular flexibility index (Phi) is 5.45. The van der Waals surface area contributed by atoms with Crippen molar-refractivity contribution >= 4 is 26.8 Å². The summed E-state index contributed by atoms with van der Waals surface area (Å²) in [5.74, 6) is 0.165. The number of hydrogen-bond acceptors (Lipinski definition) is 3. The number of nitrogens with zero attached hydrogens (tertiary/aromatic N) is 3. The molecule has 0 saturated heterocycles. The van der Waals surface area contributed by atoms with E-state index in [1.165, 1.54) is 12.1 Å². The van der Waals surface area contributed by atoms with Crippen LogP contribution >= 0.6 is 15.9 Å². The third kappa shape index (κ3) is 3.93. The predicted octanol–water partition coefficient (Wildman–Crippen LogP) is 5.12. The average Bonchev–Trinajstić information content (AvgIpc) is 2.74. The Balaban J connectivity index is 1.91. The molecule has 0 unspecified atom stereocenters. The molecule has 0 saturated carbocycles. The van der Waals surface area contributed by atoms with E-state index in [4.69, 9.17) is 4.98 Å². The molecule has 4 nitrogen and oxygen atoms in total. The van der Waals surface area contributed by atoms with Crippen LogP contribution in [0.25, 0.3) is 22.3 Å². The molecule has 0 aliphatic rings. The lowest BCUT2D eigenvalue weighted by Crippen LogP contribution is -2.43. The van der Waals surface area contributed by atoms with E-state index in [0.717, 1.165) is 10.0 Å². The first-order chi connectivity index (χ1) is 14.1. The number of benzene rings is 3. The van der Waals surface area contributed by atoms with E-state index in [0.29, 0.717) is 35.4 Å². The Morgan fingerprint density at radius 2 is 1.69 bits per heavy atom. The van der Waals surface area contributed by atoms with E-state index in [1.54, 1.807) is 22.9 Å². The number of halogens is 2. The summed E-state index contributed by atoms with van der Waals surface area (Å²) < 4.78 is 16.1. The molecule has 0 amide bonds. The normalized spacial score (nSPS) is 11.0. The second-order valence-corrected chi connectivity index (χ2v) is 7.60. The maximum atomic E-state index is 13.5. The lowest BCUT2D eigenvalue weighted by Gasteiger charge is -2.28. The van der Waals surface area contributed by atoms with Crippen molar-refractivity contribution in [2.24, 2.45) is 0 Å². The van der Waals surface area contributed by atoms with Crippen molar-refractivity contribution in [1.29, 1.82) is 0 Å². The first-order valence-electron chi connectivity index (χ1n) is 9.34. The number of fused-ring (bicyclic) bond motifs is 1. The average molecular weight is 452 g/mol. The van der Waals surface area contributed by atoms with Gasteiger partial charge < -0.3 is 5.01 Å². The van der Waals surface area contributed by atoms with Crippen molar-refractivity contribution in [1.82, 2.24) is 9.66 Å². The van der Waals surface area contributed by atoms with Gasteiger partial charge in [-0.15, -0.1) is 0 Å². The van der Waals surface area contributed by atoms with Gasteiger partial charge in [-0.2, -0.15) is 0 Å². The van der Waals surface area contributed by atoms with Gasteiger partial charge in [-0.3, -0.25) is 4.79 Å². The number of para-hydroxylation sites is 1. The molecule has 3 aromatic carbocycles. The van der Waals surface area contributed by atoms with Crippen LogP contribution in [-0.2, 0) is 6.54 Å². The molecule has 0 radical (unpaired) electrons. The minimum atomic E-state index is -0.328. The summed E-state index contributed by atoms with van der Waals surface area (Å²) in [6.07, 6.45) is 0. The summed E-state index contributed by atoms with van der Waals surface area (Å²) in [5, 5.41) is 2.50. The van der Waals surface area contributed by atoms with Crippen LogP contribution in [0, 0.1) is 5.82 Å². The van der Waals surface area contributed by atoms with E-state index in [1.807, 2.05) is 54.4 Å². The molecule has 1 heterocycles. The minimum Gasteiger partial charge on any atom is -0.304 e. The maximum absolute atomic E-state index is 13.5. The molecule has 4 aromatic rings. The molecule has 0 fully saturated rings. The standard InChI is InChI=1S/C23H19BrFN3O/c1-2-27(15-16-7-11-18(24)12-8-16)28-22(17-9-13-19(25)14-10-17)26-21-6-4-3-5-20(21)23(28)29/h3-14H,2,15H2,1H3.